The van der Waals surface area contributed by atoms with Gasteiger partial charge in [0.1, 0.15) is 11.0 Å². The van der Waals surface area contributed by atoms with Crippen LogP contribution in [0.25, 0.3) is 0 Å². The van der Waals surface area contributed by atoms with Crippen molar-refractivity contribution < 1.29 is 4.79 Å². The molecule has 0 saturated heterocycles. The first-order valence-corrected chi connectivity index (χ1v) is 6.39. The molecule has 1 atom stereocenters. The van der Waals surface area contributed by atoms with Gasteiger partial charge in [-0.2, -0.15) is 0 Å². The van der Waals surface area contributed by atoms with Crippen molar-refractivity contribution in [1.82, 2.24) is 9.97 Å². The van der Waals surface area contributed by atoms with Crippen molar-refractivity contribution >= 4 is 34.9 Å². The first-order chi connectivity index (χ1) is 8.42. The molecule has 1 heterocycles. The Bertz CT molecular complexity index is 405. The summed E-state index contributed by atoms with van der Waals surface area (Å²) >= 11 is 11.4. The van der Waals surface area contributed by atoms with Crippen molar-refractivity contribution in [3.63, 3.8) is 0 Å². The average molecular weight is 291 g/mol. The maximum absolute atomic E-state index is 12.0. The van der Waals surface area contributed by atoms with Gasteiger partial charge < -0.3 is 11.1 Å². The molecule has 1 amide bonds. The van der Waals surface area contributed by atoms with Crippen molar-refractivity contribution in [1.29, 1.82) is 0 Å². The molecular weight excluding hydrogens is 275 g/mol. The normalized spacial score (nSPS) is 12.6. The number of halogens is 2. The quantitative estimate of drug-likeness (QED) is 0.644. The Hall–Kier alpha value is -0.910. The van der Waals surface area contributed by atoms with Gasteiger partial charge >= 0.3 is 0 Å². The van der Waals surface area contributed by atoms with Crippen LogP contribution in [-0.4, -0.2) is 22.4 Å². The van der Waals surface area contributed by atoms with Crippen LogP contribution in [0.15, 0.2) is 6.07 Å². The van der Waals surface area contributed by atoms with Gasteiger partial charge in [0.05, 0.1) is 5.92 Å². The van der Waals surface area contributed by atoms with Crippen LogP contribution >= 0.6 is 23.2 Å². The summed E-state index contributed by atoms with van der Waals surface area (Å²) < 4.78 is 0. The van der Waals surface area contributed by atoms with E-state index < -0.39 is 0 Å². The fourth-order valence-corrected chi connectivity index (χ4v) is 1.97. The summed E-state index contributed by atoms with van der Waals surface area (Å²) in [4.78, 5) is 19.5. The number of nitrogens with zero attached hydrogens (tertiary/aromatic N) is 2. The van der Waals surface area contributed by atoms with Gasteiger partial charge in [0.2, 0.25) is 11.2 Å². The molecule has 3 N–H and O–H groups in total. The van der Waals surface area contributed by atoms with Gasteiger partial charge in [0, 0.05) is 12.6 Å². The highest BCUT2D eigenvalue weighted by Gasteiger charge is 2.19. The fraction of sp³-hybridized carbons (Fsp3) is 0.545. The summed E-state index contributed by atoms with van der Waals surface area (Å²) in [5.41, 5.74) is 5.59. The number of anilines is 1. The number of hydrogen-bond donors (Lipinski definition) is 2. The average Bonchev–Trinajstić information content (AvgIpc) is 2.23. The van der Waals surface area contributed by atoms with Gasteiger partial charge in [0.25, 0.3) is 0 Å². The zero-order valence-electron chi connectivity index (χ0n) is 10.3. The molecule has 0 aliphatic carbocycles. The third-order valence-corrected chi connectivity index (χ3v) is 2.69. The molecule has 0 bridgehead atoms. The highest BCUT2D eigenvalue weighted by atomic mass is 35.5. The lowest BCUT2D eigenvalue weighted by molar-refractivity contribution is -0.120. The molecule has 0 aliphatic rings. The third kappa shape index (κ3) is 4.76. The van der Waals surface area contributed by atoms with Crippen molar-refractivity contribution in [2.24, 2.45) is 17.6 Å². The molecule has 7 heteroatoms. The maximum atomic E-state index is 12.0. The topological polar surface area (TPSA) is 80.9 Å². The van der Waals surface area contributed by atoms with E-state index in [4.69, 9.17) is 28.9 Å². The summed E-state index contributed by atoms with van der Waals surface area (Å²) in [6, 6.07) is 1.44. The van der Waals surface area contributed by atoms with Crippen LogP contribution in [0.2, 0.25) is 10.4 Å². The minimum atomic E-state index is -0.252. The minimum Gasteiger partial charge on any atom is -0.330 e. The number of carbonyl (C=O) groups excluding carboxylic acids is 1. The summed E-state index contributed by atoms with van der Waals surface area (Å²) in [6.45, 7) is 4.36. The summed E-state index contributed by atoms with van der Waals surface area (Å²) in [5.74, 6) is 0.239. The molecule has 1 unspecified atom stereocenters. The molecule has 0 aliphatic heterocycles. The van der Waals surface area contributed by atoms with Crippen LogP contribution in [0.4, 0.5) is 5.82 Å². The molecule has 1 aromatic heterocycles. The molecule has 5 nitrogen and oxygen atoms in total. The van der Waals surface area contributed by atoms with Gasteiger partial charge in [0.15, 0.2) is 0 Å². The number of hydrogen-bond acceptors (Lipinski definition) is 4. The Morgan fingerprint density at radius 3 is 2.61 bits per heavy atom. The first-order valence-electron chi connectivity index (χ1n) is 5.63. The second kappa shape index (κ2) is 6.87. The second-order valence-corrected chi connectivity index (χ2v) is 5.12. The number of amides is 1. The van der Waals surface area contributed by atoms with E-state index in [1.54, 1.807) is 0 Å². The molecule has 0 radical (unpaired) electrons. The summed E-state index contributed by atoms with van der Waals surface area (Å²) in [6.07, 6.45) is 0.717. The Kier molecular flexibility index (Phi) is 5.78. The van der Waals surface area contributed by atoms with Crippen LogP contribution < -0.4 is 11.1 Å². The van der Waals surface area contributed by atoms with E-state index in [0.717, 1.165) is 6.42 Å². The lowest BCUT2D eigenvalue weighted by atomic mass is 9.96. The van der Waals surface area contributed by atoms with E-state index in [0.29, 0.717) is 5.92 Å². The van der Waals surface area contributed by atoms with E-state index in [1.807, 2.05) is 13.8 Å². The highest BCUT2D eigenvalue weighted by molar-refractivity contribution is 6.32. The lowest BCUT2D eigenvalue weighted by Crippen LogP contribution is -2.30. The number of aromatic nitrogens is 2. The third-order valence-electron chi connectivity index (χ3n) is 2.33. The Balaban J connectivity index is 2.73. The van der Waals surface area contributed by atoms with Gasteiger partial charge in [-0.1, -0.05) is 25.4 Å². The van der Waals surface area contributed by atoms with Crippen molar-refractivity contribution in [3.05, 3.63) is 16.5 Å². The number of rotatable bonds is 5. The fourth-order valence-electron chi connectivity index (χ4n) is 1.56. The molecule has 0 aromatic carbocycles. The summed E-state index contributed by atoms with van der Waals surface area (Å²) in [5, 5.41) is 2.81. The van der Waals surface area contributed by atoms with Crippen LogP contribution in [0.3, 0.4) is 0 Å². The number of nitrogens with one attached hydrogen (secondary N) is 1. The van der Waals surface area contributed by atoms with Gasteiger partial charge in [-0.3, -0.25) is 4.79 Å². The van der Waals surface area contributed by atoms with Crippen molar-refractivity contribution in [2.45, 2.75) is 20.3 Å². The maximum Gasteiger partial charge on any atom is 0.229 e. The van der Waals surface area contributed by atoms with Crippen LogP contribution in [0.5, 0.6) is 0 Å². The Labute approximate surface area is 116 Å². The zero-order chi connectivity index (χ0) is 13.7. The van der Waals surface area contributed by atoms with Gasteiger partial charge in [-0.15, -0.1) is 0 Å². The minimum absolute atomic E-state index is 0.00837. The van der Waals surface area contributed by atoms with Crippen molar-refractivity contribution in [3.8, 4) is 0 Å². The molecule has 18 heavy (non-hydrogen) atoms. The lowest BCUT2D eigenvalue weighted by Gasteiger charge is -2.16. The van der Waals surface area contributed by atoms with E-state index in [2.05, 4.69) is 15.3 Å². The van der Waals surface area contributed by atoms with Gasteiger partial charge in [-0.25, -0.2) is 9.97 Å². The van der Waals surface area contributed by atoms with Crippen molar-refractivity contribution in [2.75, 3.05) is 11.9 Å². The number of carbonyl (C=O) groups is 1. The predicted molar refractivity (Wildman–Crippen MR) is 72.7 cm³/mol. The van der Waals surface area contributed by atoms with Crippen LogP contribution in [0, 0.1) is 11.8 Å². The van der Waals surface area contributed by atoms with Gasteiger partial charge in [-0.05, 0) is 23.9 Å². The standard InChI is InChI=1S/C11H16Cl2N4O/c1-6(2)3-7(5-14)10(18)16-9-4-8(12)15-11(13)17-9/h4,6-7H,3,5,14H2,1-2H3,(H,15,16,17,18). The molecule has 0 saturated carbocycles. The Morgan fingerprint density at radius 2 is 2.11 bits per heavy atom. The smallest absolute Gasteiger partial charge is 0.229 e. The van der Waals surface area contributed by atoms with E-state index in [9.17, 15) is 4.79 Å². The van der Waals surface area contributed by atoms with E-state index >= 15 is 0 Å². The van der Waals surface area contributed by atoms with E-state index in [1.165, 1.54) is 6.07 Å². The number of nitrogens with two attached hydrogens (primary N) is 1. The van der Waals surface area contributed by atoms with Crippen LogP contribution in [0.1, 0.15) is 20.3 Å². The largest absolute Gasteiger partial charge is 0.330 e. The highest BCUT2D eigenvalue weighted by Crippen LogP contribution is 2.17. The molecule has 100 valence electrons. The Morgan fingerprint density at radius 1 is 1.44 bits per heavy atom. The predicted octanol–water partition coefficient (Wildman–Crippen LogP) is 2.34. The summed E-state index contributed by atoms with van der Waals surface area (Å²) in [7, 11) is 0. The molecule has 0 spiro atoms. The van der Waals surface area contributed by atoms with Crippen LogP contribution in [-0.2, 0) is 4.79 Å². The molecule has 1 aromatic rings. The first kappa shape index (κ1) is 15.1. The zero-order valence-corrected chi connectivity index (χ0v) is 11.8. The SMILES string of the molecule is CC(C)CC(CN)C(=O)Nc1cc(Cl)nc(Cl)n1. The van der Waals surface area contributed by atoms with E-state index in [-0.39, 0.29) is 34.6 Å². The molecule has 0 fully saturated rings. The molecular formula is C11H16Cl2N4O. The monoisotopic (exact) mass is 290 g/mol. The second-order valence-electron chi connectivity index (χ2n) is 4.40. The molecule has 1 rings (SSSR count).